The van der Waals surface area contributed by atoms with Crippen LogP contribution in [0, 0.1) is 36.0 Å². The number of hydrogen-bond donors (Lipinski definition) is 0. The van der Waals surface area contributed by atoms with Crippen LogP contribution in [0.4, 0.5) is 22.0 Å². The molecule has 0 N–H and O–H groups in total. The van der Waals surface area contributed by atoms with Crippen LogP contribution in [0.5, 0.6) is 0 Å². The second kappa shape index (κ2) is 4.45. The second-order valence-electron chi connectivity index (χ2n) is 3.63. The fourth-order valence-corrected chi connectivity index (χ4v) is 1.54. The van der Waals surface area contributed by atoms with Crippen LogP contribution >= 0.6 is 0 Å². The Bertz CT molecular complexity index is 651. The van der Waals surface area contributed by atoms with Gasteiger partial charge < -0.3 is 0 Å². The average molecular weight is 276 g/mol. The van der Waals surface area contributed by atoms with Crippen LogP contribution in [0.15, 0.2) is 6.20 Å². The average Bonchev–Trinajstić information content (AvgIpc) is 2.76. The van der Waals surface area contributed by atoms with E-state index in [4.69, 9.17) is 0 Å². The molecule has 0 radical (unpaired) electrons. The van der Waals surface area contributed by atoms with Crippen molar-refractivity contribution in [1.82, 2.24) is 9.78 Å². The van der Waals surface area contributed by atoms with Gasteiger partial charge in [-0.05, 0) is 6.92 Å². The maximum atomic E-state index is 13.5. The molecule has 0 fully saturated rings. The number of hydrogen-bond acceptors (Lipinski definition) is 2. The van der Waals surface area contributed by atoms with Gasteiger partial charge in [-0.2, -0.15) is 5.10 Å². The monoisotopic (exact) mass is 276 g/mol. The lowest BCUT2D eigenvalue weighted by molar-refractivity contribution is 0.112. The Morgan fingerprint density at radius 3 is 1.89 bits per heavy atom. The summed E-state index contributed by atoms with van der Waals surface area (Å²) >= 11 is 0. The third kappa shape index (κ3) is 1.79. The summed E-state index contributed by atoms with van der Waals surface area (Å²) in [5.41, 5.74) is -1.29. The number of halogens is 5. The molecular weight excluding hydrogens is 271 g/mol. The molecular formula is C11H5F5N2O. The molecule has 100 valence electrons. The van der Waals surface area contributed by atoms with Crippen molar-refractivity contribution in [2.24, 2.45) is 0 Å². The minimum Gasteiger partial charge on any atom is -0.298 e. The Hall–Kier alpha value is -2.25. The molecule has 0 aliphatic rings. The summed E-state index contributed by atoms with van der Waals surface area (Å²) in [7, 11) is 0. The molecule has 0 unspecified atom stereocenters. The standard InChI is InChI=1S/C11H5F5N2O/c1-4-5(3-19)2-17-18(4)11-9(15)7(13)6(12)8(14)10(11)16/h2-3H,1H3. The first-order chi connectivity index (χ1) is 8.90. The first-order valence-corrected chi connectivity index (χ1v) is 4.91. The molecule has 0 saturated carbocycles. The number of nitrogens with zero attached hydrogens (tertiary/aromatic N) is 2. The molecule has 1 heterocycles. The van der Waals surface area contributed by atoms with Gasteiger partial charge in [0.05, 0.1) is 17.5 Å². The van der Waals surface area contributed by atoms with Gasteiger partial charge in [-0.15, -0.1) is 0 Å². The topological polar surface area (TPSA) is 34.9 Å². The third-order valence-electron chi connectivity index (χ3n) is 2.57. The first-order valence-electron chi connectivity index (χ1n) is 4.91. The minimum atomic E-state index is -2.25. The van der Waals surface area contributed by atoms with Crippen LogP contribution in [-0.4, -0.2) is 16.1 Å². The van der Waals surface area contributed by atoms with Gasteiger partial charge in [0.2, 0.25) is 5.82 Å². The lowest BCUT2D eigenvalue weighted by Gasteiger charge is -2.09. The van der Waals surface area contributed by atoms with E-state index in [1.807, 2.05) is 0 Å². The van der Waals surface area contributed by atoms with E-state index >= 15 is 0 Å². The smallest absolute Gasteiger partial charge is 0.200 e. The van der Waals surface area contributed by atoms with E-state index in [9.17, 15) is 26.7 Å². The summed E-state index contributed by atoms with van der Waals surface area (Å²) in [5.74, 6) is -10.4. The van der Waals surface area contributed by atoms with Gasteiger partial charge in [0, 0.05) is 0 Å². The van der Waals surface area contributed by atoms with Gasteiger partial charge in [0.1, 0.15) is 5.69 Å². The van der Waals surface area contributed by atoms with Gasteiger partial charge in [-0.1, -0.05) is 0 Å². The number of benzene rings is 1. The molecule has 2 aromatic rings. The number of aldehydes is 1. The molecule has 0 amide bonds. The summed E-state index contributed by atoms with van der Waals surface area (Å²) in [6.07, 6.45) is 1.31. The number of carbonyl (C=O) groups excluding carboxylic acids is 1. The second-order valence-corrected chi connectivity index (χ2v) is 3.63. The van der Waals surface area contributed by atoms with Crippen molar-refractivity contribution in [1.29, 1.82) is 0 Å². The summed E-state index contributed by atoms with van der Waals surface area (Å²) in [6, 6.07) is 0. The zero-order valence-electron chi connectivity index (χ0n) is 9.35. The fraction of sp³-hybridized carbons (Fsp3) is 0.0909. The Morgan fingerprint density at radius 1 is 1.00 bits per heavy atom. The van der Waals surface area contributed by atoms with Crippen LogP contribution in [0.1, 0.15) is 16.1 Å². The van der Waals surface area contributed by atoms with Crippen molar-refractivity contribution in [3.8, 4) is 5.69 Å². The molecule has 0 bridgehead atoms. The highest BCUT2D eigenvalue weighted by atomic mass is 19.2. The molecule has 0 spiro atoms. The van der Waals surface area contributed by atoms with Crippen molar-refractivity contribution in [2.75, 3.05) is 0 Å². The highest BCUT2D eigenvalue weighted by Gasteiger charge is 2.28. The van der Waals surface area contributed by atoms with Gasteiger partial charge in [0.15, 0.2) is 29.6 Å². The predicted molar refractivity (Wildman–Crippen MR) is 53.5 cm³/mol. The van der Waals surface area contributed by atoms with E-state index in [0.29, 0.717) is 11.0 Å². The molecule has 8 heteroatoms. The lowest BCUT2D eigenvalue weighted by atomic mass is 10.2. The van der Waals surface area contributed by atoms with E-state index in [2.05, 4.69) is 5.10 Å². The van der Waals surface area contributed by atoms with Crippen molar-refractivity contribution in [2.45, 2.75) is 6.92 Å². The summed E-state index contributed by atoms with van der Waals surface area (Å²) in [6.45, 7) is 1.26. The van der Waals surface area contributed by atoms with E-state index in [1.54, 1.807) is 0 Å². The number of rotatable bonds is 2. The highest BCUT2D eigenvalue weighted by Crippen LogP contribution is 2.26. The van der Waals surface area contributed by atoms with Gasteiger partial charge in [-0.3, -0.25) is 4.79 Å². The molecule has 3 nitrogen and oxygen atoms in total. The van der Waals surface area contributed by atoms with Crippen molar-refractivity contribution in [3.05, 3.63) is 46.5 Å². The highest BCUT2D eigenvalue weighted by molar-refractivity contribution is 5.76. The maximum Gasteiger partial charge on any atom is 0.200 e. The molecule has 19 heavy (non-hydrogen) atoms. The first kappa shape index (κ1) is 13.2. The Kier molecular flexibility index (Phi) is 3.09. The van der Waals surface area contributed by atoms with Crippen LogP contribution in [0.3, 0.4) is 0 Å². The summed E-state index contributed by atoms with van der Waals surface area (Å²) < 4.78 is 66.5. The molecule has 2 rings (SSSR count). The van der Waals surface area contributed by atoms with Crippen LogP contribution in [0.2, 0.25) is 0 Å². The van der Waals surface area contributed by atoms with Crippen LogP contribution in [-0.2, 0) is 0 Å². The molecule has 0 aliphatic heterocycles. The van der Waals surface area contributed by atoms with E-state index in [1.165, 1.54) is 6.92 Å². The largest absolute Gasteiger partial charge is 0.298 e. The Labute approximate surface area is 103 Å². The molecule has 0 aliphatic carbocycles. The van der Waals surface area contributed by atoms with E-state index in [0.717, 1.165) is 6.20 Å². The maximum absolute atomic E-state index is 13.5. The zero-order valence-corrected chi connectivity index (χ0v) is 9.35. The molecule has 1 aromatic heterocycles. The van der Waals surface area contributed by atoms with Crippen molar-refractivity contribution in [3.63, 3.8) is 0 Å². The fourth-order valence-electron chi connectivity index (χ4n) is 1.54. The van der Waals surface area contributed by atoms with Crippen molar-refractivity contribution >= 4 is 6.29 Å². The molecule has 0 atom stereocenters. The quantitative estimate of drug-likeness (QED) is 0.366. The predicted octanol–water partition coefficient (Wildman–Crippen LogP) is 2.69. The number of aromatic nitrogens is 2. The van der Waals surface area contributed by atoms with Gasteiger partial charge in [0.25, 0.3) is 0 Å². The Morgan fingerprint density at radius 2 is 1.47 bits per heavy atom. The molecule has 1 aromatic carbocycles. The van der Waals surface area contributed by atoms with E-state index in [-0.39, 0.29) is 11.3 Å². The normalized spacial score (nSPS) is 10.8. The van der Waals surface area contributed by atoms with Crippen molar-refractivity contribution < 1.29 is 26.7 Å². The summed E-state index contributed by atoms with van der Waals surface area (Å²) in [5, 5.41) is 3.44. The zero-order chi connectivity index (χ0) is 14.3. The van der Waals surface area contributed by atoms with Crippen LogP contribution < -0.4 is 0 Å². The van der Waals surface area contributed by atoms with Crippen LogP contribution in [0.25, 0.3) is 5.69 Å². The SMILES string of the molecule is Cc1c(C=O)cnn1-c1c(F)c(F)c(F)c(F)c1F. The molecule has 0 saturated heterocycles. The van der Waals surface area contributed by atoms with Gasteiger partial charge >= 0.3 is 0 Å². The van der Waals surface area contributed by atoms with E-state index < -0.39 is 34.8 Å². The Balaban J connectivity index is 2.82. The lowest BCUT2D eigenvalue weighted by Crippen LogP contribution is -2.11. The summed E-state index contributed by atoms with van der Waals surface area (Å²) in [4.78, 5) is 10.6. The third-order valence-corrected chi connectivity index (χ3v) is 2.57. The minimum absolute atomic E-state index is 0.0241. The van der Waals surface area contributed by atoms with Gasteiger partial charge in [-0.25, -0.2) is 26.6 Å². The number of carbonyl (C=O) groups is 1.